The number of hydrogen-bond donors (Lipinski definition) is 1. The number of nitriles is 1. The minimum atomic E-state index is -0.00686. The highest BCUT2D eigenvalue weighted by atomic mass is 32.2. The number of carbonyl (C=O) groups excluding carboxylic acids is 1. The summed E-state index contributed by atoms with van der Waals surface area (Å²) in [5.74, 6) is 0.450. The number of hydrogen-bond acceptors (Lipinski definition) is 3. The molecule has 1 heterocycles. The summed E-state index contributed by atoms with van der Waals surface area (Å²) in [5, 5.41) is 11.4. The second-order valence-electron chi connectivity index (χ2n) is 2.66. The van der Waals surface area contributed by atoms with E-state index < -0.39 is 0 Å². The number of anilines is 1. The summed E-state index contributed by atoms with van der Waals surface area (Å²) in [6.45, 7) is 0. The lowest BCUT2D eigenvalue weighted by atomic mass is 10.2. The Labute approximate surface area is 79.7 Å². The molecule has 1 aromatic carbocycles. The fourth-order valence-electron chi connectivity index (χ4n) is 1.15. The van der Waals surface area contributed by atoms with Crippen molar-refractivity contribution >= 4 is 23.4 Å². The van der Waals surface area contributed by atoms with Gasteiger partial charge in [-0.1, -0.05) is 0 Å². The number of benzene rings is 1. The van der Waals surface area contributed by atoms with Gasteiger partial charge in [0.15, 0.2) is 0 Å². The largest absolute Gasteiger partial charge is 0.324 e. The van der Waals surface area contributed by atoms with E-state index in [1.54, 1.807) is 12.1 Å². The molecular formula is C9H6N2OS. The van der Waals surface area contributed by atoms with E-state index in [2.05, 4.69) is 5.32 Å². The van der Waals surface area contributed by atoms with E-state index in [0.29, 0.717) is 11.3 Å². The molecule has 0 aliphatic carbocycles. The van der Waals surface area contributed by atoms with E-state index in [1.807, 2.05) is 12.1 Å². The van der Waals surface area contributed by atoms with E-state index in [1.165, 1.54) is 11.8 Å². The van der Waals surface area contributed by atoms with Gasteiger partial charge in [0.2, 0.25) is 5.91 Å². The summed E-state index contributed by atoms with van der Waals surface area (Å²) in [7, 11) is 0. The molecule has 0 radical (unpaired) electrons. The summed E-state index contributed by atoms with van der Waals surface area (Å²) < 4.78 is 0. The maximum absolute atomic E-state index is 11.0. The van der Waals surface area contributed by atoms with Crippen LogP contribution in [0.3, 0.4) is 0 Å². The molecule has 1 aliphatic heterocycles. The maximum atomic E-state index is 11.0. The first-order chi connectivity index (χ1) is 6.29. The zero-order chi connectivity index (χ0) is 9.26. The first-order valence-corrected chi connectivity index (χ1v) is 4.75. The second kappa shape index (κ2) is 3.11. The molecule has 0 saturated heterocycles. The van der Waals surface area contributed by atoms with Gasteiger partial charge in [0.25, 0.3) is 0 Å². The average molecular weight is 190 g/mol. The normalized spacial score (nSPS) is 14.2. The van der Waals surface area contributed by atoms with Crippen LogP contribution in [0, 0.1) is 11.3 Å². The van der Waals surface area contributed by atoms with Crippen molar-refractivity contribution in [2.24, 2.45) is 0 Å². The maximum Gasteiger partial charge on any atom is 0.234 e. The average Bonchev–Trinajstić information content (AvgIpc) is 2.16. The minimum absolute atomic E-state index is 0.00686. The first-order valence-electron chi connectivity index (χ1n) is 3.76. The molecule has 0 saturated carbocycles. The van der Waals surface area contributed by atoms with E-state index in [-0.39, 0.29) is 5.91 Å². The molecule has 13 heavy (non-hydrogen) atoms. The third kappa shape index (κ3) is 1.51. The summed E-state index contributed by atoms with van der Waals surface area (Å²) in [4.78, 5) is 12.0. The zero-order valence-electron chi connectivity index (χ0n) is 6.70. The molecule has 64 valence electrons. The van der Waals surface area contributed by atoms with Gasteiger partial charge in [0.05, 0.1) is 23.1 Å². The molecule has 0 bridgehead atoms. The lowest BCUT2D eigenvalue weighted by Crippen LogP contribution is -2.18. The third-order valence-corrected chi connectivity index (χ3v) is 2.82. The fourth-order valence-corrected chi connectivity index (χ4v) is 1.94. The van der Waals surface area contributed by atoms with E-state index in [4.69, 9.17) is 5.26 Å². The van der Waals surface area contributed by atoms with Crippen molar-refractivity contribution in [2.75, 3.05) is 11.1 Å². The van der Waals surface area contributed by atoms with Crippen LogP contribution in [0.2, 0.25) is 0 Å². The van der Waals surface area contributed by atoms with Crippen LogP contribution in [-0.4, -0.2) is 11.7 Å². The molecule has 3 nitrogen and oxygen atoms in total. The van der Waals surface area contributed by atoms with Crippen LogP contribution in [-0.2, 0) is 4.79 Å². The SMILES string of the molecule is N#Cc1ccc2c(c1)NC(=O)CS2. The first kappa shape index (κ1) is 8.14. The highest BCUT2D eigenvalue weighted by molar-refractivity contribution is 8.00. The molecule has 1 aliphatic rings. The third-order valence-electron chi connectivity index (χ3n) is 1.74. The lowest BCUT2D eigenvalue weighted by molar-refractivity contribution is -0.113. The highest BCUT2D eigenvalue weighted by Crippen LogP contribution is 2.31. The Morgan fingerprint density at radius 1 is 1.54 bits per heavy atom. The van der Waals surface area contributed by atoms with Crippen LogP contribution in [0.25, 0.3) is 0 Å². The second-order valence-corrected chi connectivity index (χ2v) is 3.68. The van der Waals surface area contributed by atoms with Crippen molar-refractivity contribution in [3.63, 3.8) is 0 Å². The fraction of sp³-hybridized carbons (Fsp3) is 0.111. The molecule has 2 rings (SSSR count). The minimum Gasteiger partial charge on any atom is -0.324 e. The van der Waals surface area contributed by atoms with Crippen LogP contribution in [0.5, 0.6) is 0 Å². The van der Waals surface area contributed by atoms with Gasteiger partial charge < -0.3 is 5.32 Å². The van der Waals surface area contributed by atoms with Gasteiger partial charge in [-0.05, 0) is 18.2 Å². The van der Waals surface area contributed by atoms with Crippen molar-refractivity contribution in [3.8, 4) is 6.07 Å². The number of rotatable bonds is 0. The smallest absolute Gasteiger partial charge is 0.234 e. The van der Waals surface area contributed by atoms with Gasteiger partial charge in [-0.2, -0.15) is 5.26 Å². The quantitative estimate of drug-likeness (QED) is 0.676. The molecule has 0 spiro atoms. The molecule has 4 heteroatoms. The monoisotopic (exact) mass is 190 g/mol. The van der Waals surface area contributed by atoms with Crippen molar-refractivity contribution in [1.29, 1.82) is 5.26 Å². The van der Waals surface area contributed by atoms with Crippen molar-refractivity contribution in [3.05, 3.63) is 23.8 Å². The van der Waals surface area contributed by atoms with Gasteiger partial charge in [0, 0.05) is 4.90 Å². The number of carbonyl (C=O) groups is 1. The summed E-state index contributed by atoms with van der Waals surface area (Å²) >= 11 is 1.49. The van der Waals surface area contributed by atoms with E-state index >= 15 is 0 Å². The van der Waals surface area contributed by atoms with Crippen molar-refractivity contribution in [1.82, 2.24) is 0 Å². The Morgan fingerprint density at radius 2 is 2.38 bits per heavy atom. The standard InChI is InChI=1S/C9H6N2OS/c10-4-6-1-2-8-7(3-6)11-9(12)5-13-8/h1-3H,5H2,(H,11,12). The van der Waals surface area contributed by atoms with Crippen LogP contribution in [0.15, 0.2) is 23.1 Å². The van der Waals surface area contributed by atoms with Gasteiger partial charge in [-0.25, -0.2) is 0 Å². The van der Waals surface area contributed by atoms with Crippen LogP contribution in [0.1, 0.15) is 5.56 Å². The van der Waals surface area contributed by atoms with Crippen LogP contribution in [0.4, 0.5) is 5.69 Å². The Kier molecular flexibility index (Phi) is 1.95. The Bertz CT molecular complexity index is 409. The molecule has 0 unspecified atom stereocenters. The predicted molar refractivity (Wildman–Crippen MR) is 50.5 cm³/mol. The topological polar surface area (TPSA) is 52.9 Å². The number of nitrogens with one attached hydrogen (secondary N) is 1. The van der Waals surface area contributed by atoms with Gasteiger partial charge in [-0.3, -0.25) is 4.79 Å². The molecule has 1 amide bonds. The van der Waals surface area contributed by atoms with Gasteiger partial charge >= 0.3 is 0 Å². The Morgan fingerprint density at radius 3 is 3.15 bits per heavy atom. The molecular weight excluding hydrogens is 184 g/mol. The van der Waals surface area contributed by atoms with Crippen LogP contribution < -0.4 is 5.32 Å². The molecule has 0 atom stereocenters. The predicted octanol–water partition coefficient (Wildman–Crippen LogP) is 1.60. The zero-order valence-corrected chi connectivity index (χ0v) is 7.52. The number of amides is 1. The summed E-state index contributed by atoms with van der Waals surface area (Å²) in [6, 6.07) is 7.34. The summed E-state index contributed by atoms with van der Waals surface area (Å²) in [5.41, 5.74) is 1.32. The van der Waals surface area contributed by atoms with Crippen molar-refractivity contribution < 1.29 is 4.79 Å². The Hall–Kier alpha value is -1.47. The number of nitrogens with zero attached hydrogens (tertiary/aromatic N) is 1. The highest BCUT2D eigenvalue weighted by Gasteiger charge is 2.14. The van der Waals surface area contributed by atoms with E-state index in [9.17, 15) is 4.79 Å². The lowest BCUT2D eigenvalue weighted by Gasteiger charge is -2.15. The number of fused-ring (bicyclic) bond motifs is 1. The molecule has 0 fully saturated rings. The van der Waals surface area contributed by atoms with E-state index in [0.717, 1.165) is 10.6 Å². The summed E-state index contributed by atoms with van der Waals surface area (Å²) in [6.07, 6.45) is 0. The van der Waals surface area contributed by atoms with Crippen molar-refractivity contribution in [2.45, 2.75) is 4.90 Å². The molecule has 1 N–H and O–H groups in total. The van der Waals surface area contributed by atoms with Gasteiger partial charge in [0.1, 0.15) is 0 Å². The van der Waals surface area contributed by atoms with Gasteiger partial charge in [-0.15, -0.1) is 11.8 Å². The molecule has 0 aromatic heterocycles. The number of thioether (sulfide) groups is 1. The molecule has 1 aromatic rings. The Balaban J connectivity index is 2.45. The van der Waals surface area contributed by atoms with Crippen LogP contribution >= 0.6 is 11.8 Å².